The Morgan fingerprint density at radius 3 is 2.62 bits per heavy atom. The van der Waals surface area contributed by atoms with Gasteiger partial charge in [-0.3, -0.25) is 9.36 Å². The molecule has 1 aliphatic rings. The fourth-order valence-corrected chi connectivity index (χ4v) is 3.54. The first-order valence-corrected chi connectivity index (χ1v) is 8.87. The molecule has 8 heteroatoms. The van der Waals surface area contributed by atoms with E-state index in [1.54, 1.807) is 12.1 Å². The molecule has 0 saturated carbocycles. The molecule has 1 aliphatic heterocycles. The van der Waals surface area contributed by atoms with Crippen LogP contribution in [0.2, 0.25) is 0 Å². The fourth-order valence-electron chi connectivity index (χ4n) is 3.54. The van der Waals surface area contributed by atoms with E-state index < -0.39 is 11.7 Å². The van der Waals surface area contributed by atoms with Gasteiger partial charge in [-0.1, -0.05) is 12.1 Å². The van der Waals surface area contributed by atoms with Crippen LogP contribution in [0, 0.1) is 0 Å². The SMILES string of the molecule is COc1cccc(/C=C2\CCn3c2nc2cc(C(F)(F)F)ccc2c3=O)c1OC. The first kappa shape index (κ1) is 19.0. The van der Waals surface area contributed by atoms with E-state index in [0.29, 0.717) is 30.3 Å². The number of allylic oxidation sites excluding steroid dienone is 1. The summed E-state index contributed by atoms with van der Waals surface area (Å²) in [6.07, 6.45) is -2.14. The number of fused-ring (bicyclic) bond motifs is 2. The summed E-state index contributed by atoms with van der Waals surface area (Å²) in [6.45, 7) is 0.413. The maximum absolute atomic E-state index is 13.1. The van der Waals surface area contributed by atoms with Gasteiger partial charge >= 0.3 is 6.18 Å². The largest absolute Gasteiger partial charge is 0.493 e. The second-order valence-corrected chi connectivity index (χ2v) is 6.62. The number of rotatable bonds is 3. The quantitative estimate of drug-likeness (QED) is 0.653. The average Bonchev–Trinajstić information content (AvgIpc) is 3.09. The Morgan fingerprint density at radius 2 is 1.93 bits per heavy atom. The standard InChI is InChI=1S/C21H17F3N2O3/c1-28-17-5-3-4-12(18(17)29-2)10-13-8-9-26-19(13)25-16-11-14(21(22,23)24)6-7-15(16)20(26)27/h3-7,10-11H,8-9H2,1-2H3/b13-10+. The molecule has 0 aliphatic carbocycles. The number of para-hydroxylation sites is 1. The van der Waals surface area contributed by atoms with Crippen LogP contribution in [0.15, 0.2) is 41.2 Å². The van der Waals surface area contributed by atoms with Crippen LogP contribution in [0.5, 0.6) is 11.5 Å². The third kappa shape index (κ3) is 3.24. The lowest BCUT2D eigenvalue weighted by molar-refractivity contribution is -0.137. The summed E-state index contributed by atoms with van der Waals surface area (Å²) in [7, 11) is 3.06. The summed E-state index contributed by atoms with van der Waals surface area (Å²) < 4.78 is 51.4. The van der Waals surface area contributed by atoms with Crippen molar-refractivity contribution < 1.29 is 22.6 Å². The van der Waals surface area contributed by atoms with Crippen molar-refractivity contribution in [3.8, 4) is 11.5 Å². The minimum atomic E-state index is -4.50. The van der Waals surface area contributed by atoms with E-state index >= 15 is 0 Å². The highest BCUT2D eigenvalue weighted by atomic mass is 19.4. The number of benzene rings is 2. The smallest absolute Gasteiger partial charge is 0.416 e. The van der Waals surface area contributed by atoms with Gasteiger partial charge in [-0.25, -0.2) is 4.98 Å². The Kier molecular flexibility index (Phi) is 4.56. The van der Waals surface area contributed by atoms with E-state index in [1.807, 2.05) is 12.1 Å². The highest BCUT2D eigenvalue weighted by molar-refractivity contribution is 5.86. The van der Waals surface area contributed by atoms with Crippen LogP contribution in [-0.4, -0.2) is 23.8 Å². The zero-order valence-corrected chi connectivity index (χ0v) is 15.7. The van der Waals surface area contributed by atoms with Gasteiger partial charge in [0.25, 0.3) is 5.56 Å². The zero-order chi connectivity index (χ0) is 20.8. The van der Waals surface area contributed by atoms with Gasteiger partial charge in [-0.2, -0.15) is 13.2 Å². The average molecular weight is 402 g/mol. The van der Waals surface area contributed by atoms with Crippen LogP contribution in [0.25, 0.3) is 22.6 Å². The van der Waals surface area contributed by atoms with Crippen molar-refractivity contribution in [2.45, 2.75) is 19.1 Å². The van der Waals surface area contributed by atoms with E-state index in [2.05, 4.69) is 4.98 Å². The summed E-state index contributed by atoms with van der Waals surface area (Å²) in [5, 5.41) is 0.168. The maximum atomic E-state index is 13.1. The van der Waals surface area contributed by atoms with Gasteiger partial charge in [0.1, 0.15) is 5.82 Å². The van der Waals surface area contributed by atoms with E-state index in [4.69, 9.17) is 9.47 Å². The third-order valence-corrected chi connectivity index (χ3v) is 4.94. The number of nitrogens with zero attached hydrogens (tertiary/aromatic N) is 2. The molecule has 2 aromatic carbocycles. The molecule has 150 valence electrons. The van der Waals surface area contributed by atoms with E-state index in [1.165, 1.54) is 24.9 Å². The summed E-state index contributed by atoms with van der Waals surface area (Å²) in [4.78, 5) is 17.2. The van der Waals surface area contributed by atoms with Crippen LogP contribution in [-0.2, 0) is 12.7 Å². The van der Waals surface area contributed by atoms with Gasteiger partial charge in [-0.05, 0) is 42.3 Å². The number of methoxy groups -OCH3 is 2. The molecule has 0 spiro atoms. The molecule has 29 heavy (non-hydrogen) atoms. The van der Waals surface area contributed by atoms with Gasteiger partial charge in [-0.15, -0.1) is 0 Å². The number of hydrogen-bond acceptors (Lipinski definition) is 4. The Bertz CT molecular complexity index is 1200. The molecule has 0 saturated heterocycles. The number of alkyl halides is 3. The van der Waals surface area contributed by atoms with Crippen molar-refractivity contribution in [3.05, 3.63) is 63.7 Å². The van der Waals surface area contributed by atoms with Gasteiger partial charge < -0.3 is 9.47 Å². The molecule has 3 aromatic rings. The van der Waals surface area contributed by atoms with Gasteiger partial charge in [0.15, 0.2) is 11.5 Å². The molecule has 0 N–H and O–H groups in total. The molecule has 0 unspecified atom stereocenters. The highest BCUT2D eigenvalue weighted by Gasteiger charge is 2.31. The summed E-state index contributed by atoms with van der Waals surface area (Å²) in [5.41, 5.74) is 0.322. The second-order valence-electron chi connectivity index (χ2n) is 6.62. The first-order valence-electron chi connectivity index (χ1n) is 8.87. The van der Waals surface area contributed by atoms with Gasteiger partial charge in [0.2, 0.25) is 0 Å². The second kappa shape index (κ2) is 6.95. The zero-order valence-electron chi connectivity index (χ0n) is 15.7. The molecular formula is C21H17F3N2O3. The van der Waals surface area contributed by atoms with Crippen LogP contribution >= 0.6 is 0 Å². The Morgan fingerprint density at radius 1 is 1.14 bits per heavy atom. The number of aromatic nitrogens is 2. The first-order chi connectivity index (χ1) is 13.8. The molecule has 2 heterocycles. The molecule has 1 aromatic heterocycles. The van der Waals surface area contributed by atoms with Crippen LogP contribution in [0.1, 0.15) is 23.4 Å². The molecular weight excluding hydrogens is 385 g/mol. The molecule has 0 atom stereocenters. The van der Waals surface area contributed by atoms with Crippen LogP contribution in [0.4, 0.5) is 13.2 Å². The molecule has 0 amide bonds. The van der Waals surface area contributed by atoms with Crippen LogP contribution < -0.4 is 15.0 Å². The number of halogens is 3. The molecule has 4 rings (SSSR count). The normalized spacial score (nSPS) is 15.0. The monoisotopic (exact) mass is 402 g/mol. The molecule has 0 fully saturated rings. The van der Waals surface area contributed by atoms with E-state index in [9.17, 15) is 18.0 Å². The van der Waals surface area contributed by atoms with E-state index in [0.717, 1.165) is 23.3 Å². The number of hydrogen-bond donors (Lipinski definition) is 0. The van der Waals surface area contributed by atoms with Crippen molar-refractivity contribution >= 4 is 22.6 Å². The molecule has 0 radical (unpaired) electrons. The lowest BCUT2D eigenvalue weighted by Gasteiger charge is -2.11. The van der Waals surface area contributed by atoms with E-state index in [-0.39, 0.29) is 16.5 Å². The fraction of sp³-hybridized carbons (Fsp3) is 0.238. The van der Waals surface area contributed by atoms with Gasteiger partial charge in [0.05, 0.1) is 30.7 Å². The highest BCUT2D eigenvalue weighted by Crippen LogP contribution is 2.36. The maximum Gasteiger partial charge on any atom is 0.416 e. The van der Waals surface area contributed by atoms with Crippen molar-refractivity contribution in [2.75, 3.05) is 14.2 Å². The van der Waals surface area contributed by atoms with Gasteiger partial charge in [0, 0.05) is 12.1 Å². The third-order valence-electron chi connectivity index (χ3n) is 4.94. The Balaban J connectivity index is 1.89. The molecule has 5 nitrogen and oxygen atoms in total. The van der Waals surface area contributed by atoms with Crippen molar-refractivity contribution in [2.24, 2.45) is 0 Å². The molecule has 0 bridgehead atoms. The predicted octanol–water partition coefficient (Wildman–Crippen LogP) is 4.38. The van der Waals surface area contributed by atoms with Crippen molar-refractivity contribution in [1.82, 2.24) is 9.55 Å². The summed E-state index contributed by atoms with van der Waals surface area (Å²) >= 11 is 0. The predicted molar refractivity (Wildman–Crippen MR) is 103 cm³/mol. The minimum Gasteiger partial charge on any atom is -0.493 e. The topological polar surface area (TPSA) is 53.4 Å². The Hall–Kier alpha value is -3.29. The lowest BCUT2D eigenvalue weighted by Crippen LogP contribution is -2.21. The number of ether oxygens (including phenoxy) is 2. The van der Waals surface area contributed by atoms with Crippen molar-refractivity contribution in [1.29, 1.82) is 0 Å². The Labute approximate surface area is 164 Å². The van der Waals surface area contributed by atoms with Crippen molar-refractivity contribution in [3.63, 3.8) is 0 Å². The van der Waals surface area contributed by atoms with Crippen LogP contribution in [0.3, 0.4) is 0 Å². The lowest BCUT2D eigenvalue weighted by atomic mass is 10.1. The summed E-state index contributed by atoms with van der Waals surface area (Å²) in [6, 6.07) is 8.41. The minimum absolute atomic E-state index is 0.0292. The summed E-state index contributed by atoms with van der Waals surface area (Å²) in [5.74, 6) is 1.45.